The summed E-state index contributed by atoms with van der Waals surface area (Å²) in [5.41, 5.74) is 0.938. The average molecular weight is 454 g/mol. The van der Waals surface area contributed by atoms with Gasteiger partial charge in [-0.1, -0.05) is 41.9 Å². The summed E-state index contributed by atoms with van der Waals surface area (Å²) in [5.74, 6) is -1.18. The molecule has 6 nitrogen and oxygen atoms in total. The number of nitrogens with zero attached hydrogens (tertiary/aromatic N) is 3. The Bertz CT molecular complexity index is 1200. The predicted molar refractivity (Wildman–Crippen MR) is 119 cm³/mol. The maximum absolute atomic E-state index is 13.3. The van der Waals surface area contributed by atoms with Crippen LogP contribution in [0.25, 0.3) is 0 Å². The molecule has 0 spiro atoms. The monoisotopic (exact) mass is 453 g/mol. The lowest BCUT2D eigenvalue weighted by Crippen LogP contribution is -2.51. The zero-order valence-electron chi connectivity index (χ0n) is 17.2. The summed E-state index contributed by atoms with van der Waals surface area (Å²) in [6.07, 6.45) is 1.66. The second-order valence-electron chi connectivity index (χ2n) is 7.55. The average Bonchev–Trinajstić information content (AvgIpc) is 2.80. The van der Waals surface area contributed by atoms with Crippen molar-refractivity contribution in [2.75, 3.05) is 26.2 Å². The number of carbonyl (C=O) groups is 2. The molecule has 0 radical (unpaired) electrons. The first-order valence-electron chi connectivity index (χ1n) is 10.2. The highest BCUT2D eigenvalue weighted by Gasteiger charge is 2.27. The summed E-state index contributed by atoms with van der Waals surface area (Å²) in [5, 5.41) is 0.0526. The van der Waals surface area contributed by atoms with Crippen molar-refractivity contribution in [2.24, 2.45) is 0 Å². The van der Waals surface area contributed by atoms with E-state index < -0.39 is 5.82 Å². The third-order valence-electron chi connectivity index (χ3n) is 5.46. The van der Waals surface area contributed by atoms with Gasteiger partial charge in [0.2, 0.25) is 0 Å². The van der Waals surface area contributed by atoms with E-state index in [9.17, 15) is 18.8 Å². The van der Waals surface area contributed by atoms with Crippen LogP contribution in [0, 0.1) is 5.82 Å². The number of hydrogen-bond acceptors (Lipinski definition) is 3. The first-order chi connectivity index (χ1) is 15.4. The van der Waals surface area contributed by atoms with Crippen LogP contribution in [0.5, 0.6) is 0 Å². The minimum Gasteiger partial charge on any atom is -0.335 e. The van der Waals surface area contributed by atoms with Gasteiger partial charge >= 0.3 is 0 Å². The molecule has 1 fully saturated rings. The molecule has 0 N–H and O–H groups in total. The summed E-state index contributed by atoms with van der Waals surface area (Å²) < 4.78 is 14.8. The Balaban J connectivity index is 1.44. The topological polar surface area (TPSA) is 62.6 Å². The van der Waals surface area contributed by atoms with Gasteiger partial charge in [-0.25, -0.2) is 4.39 Å². The van der Waals surface area contributed by atoms with Crippen LogP contribution >= 0.6 is 11.6 Å². The molecule has 1 aliphatic heterocycles. The normalized spacial score (nSPS) is 13.8. The Morgan fingerprint density at radius 1 is 0.844 bits per heavy atom. The van der Waals surface area contributed by atoms with Gasteiger partial charge < -0.3 is 14.4 Å². The van der Waals surface area contributed by atoms with Crippen molar-refractivity contribution in [3.8, 4) is 0 Å². The molecule has 2 amide bonds. The lowest BCUT2D eigenvalue weighted by atomic mass is 10.1. The highest BCUT2D eigenvalue weighted by Crippen LogP contribution is 2.20. The Labute approximate surface area is 189 Å². The van der Waals surface area contributed by atoms with E-state index in [1.54, 1.807) is 22.1 Å². The van der Waals surface area contributed by atoms with Gasteiger partial charge in [0, 0.05) is 32.4 Å². The Morgan fingerprint density at radius 2 is 1.47 bits per heavy atom. The molecular weight excluding hydrogens is 433 g/mol. The summed E-state index contributed by atoms with van der Waals surface area (Å²) in [7, 11) is 0. The second kappa shape index (κ2) is 9.36. The molecule has 1 saturated heterocycles. The number of rotatable bonds is 4. The van der Waals surface area contributed by atoms with Crippen molar-refractivity contribution in [1.82, 2.24) is 14.4 Å². The summed E-state index contributed by atoms with van der Waals surface area (Å²) in [6.45, 7) is 1.54. The first-order valence-corrected chi connectivity index (χ1v) is 10.6. The Hall–Kier alpha value is -3.45. The van der Waals surface area contributed by atoms with Crippen LogP contribution in [0.2, 0.25) is 5.02 Å². The lowest BCUT2D eigenvalue weighted by molar-refractivity contribution is 0.0534. The number of hydrogen-bond donors (Lipinski definition) is 0. The smallest absolute Gasteiger partial charge is 0.263 e. The van der Waals surface area contributed by atoms with Crippen LogP contribution in [0.4, 0.5) is 4.39 Å². The molecule has 32 heavy (non-hydrogen) atoms. The standard InChI is InChI=1S/C24H21ClFN3O3/c25-21-15-18(26)8-9-19(21)22(30)27-11-13-28(14-12-27)23(31)20-7-4-10-29(24(20)32)16-17-5-2-1-3-6-17/h1-10,15H,11-14,16H2. The van der Waals surface area contributed by atoms with E-state index in [4.69, 9.17) is 11.6 Å². The maximum atomic E-state index is 13.3. The predicted octanol–water partition coefficient (Wildman–Crippen LogP) is 3.29. The van der Waals surface area contributed by atoms with E-state index >= 15 is 0 Å². The van der Waals surface area contributed by atoms with E-state index in [1.807, 2.05) is 30.3 Å². The van der Waals surface area contributed by atoms with Crippen molar-refractivity contribution >= 4 is 23.4 Å². The van der Waals surface area contributed by atoms with E-state index in [1.165, 1.54) is 22.8 Å². The fourth-order valence-corrected chi connectivity index (χ4v) is 3.97. The third-order valence-corrected chi connectivity index (χ3v) is 5.77. The minimum absolute atomic E-state index is 0.0526. The molecule has 1 aromatic heterocycles. The van der Waals surface area contributed by atoms with Gasteiger partial charge in [-0.2, -0.15) is 0 Å². The summed E-state index contributed by atoms with van der Waals surface area (Å²) >= 11 is 6.00. The lowest BCUT2D eigenvalue weighted by Gasteiger charge is -2.35. The van der Waals surface area contributed by atoms with Gasteiger partial charge in [0.15, 0.2) is 0 Å². The van der Waals surface area contributed by atoms with Crippen LogP contribution in [-0.4, -0.2) is 52.4 Å². The van der Waals surface area contributed by atoms with Gasteiger partial charge in [0.05, 0.1) is 17.1 Å². The van der Waals surface area contributed by atoms with Gasteiger partial charge in [-0.3, -0.25) is 14.4 Å². The highest BCUT2D eigenvalue weighted by atomic mass is 35.5. The van der Waals surface area contributed by atoms with Gasteiger partial charge in [0.25, 0.3) is 17.4 Å². The number of aromatic nitrogens is 1. The zero-order chi connectivity index (χ0) is 22.7. The van der Waals surface area contributed by atoms with E-state index in [0.717, 1.165) is 11.6 Å². The number of amides is 2. The molecule has 0 atom stereocenters. The van der Waals surface area contributed by atoms with E-state index in [-0.39, 0.29) is 46.6 Å². The second-order valence-corrected chi connectivity index (χ2v) is 7.96. The highest BCUT2D eigenvalue weighted by molar-refractivity contribution is 6.33. The molecule has 2 aromatic carbocycles. The summed E-state index contributed by atoms with van der Waals surface area (Å²) in [6, 6.07) is 16.4. The molecule has 1 aliphatic rings. The SMILES string of the molecule is O=C(c1ccc(F)cc1Cl)N1CCN(C(=O)c2cccn(Cc3ccccc3)c2=O)CC1. The Morgan fingerprint density at radius 3 is 2.09 bits per heavy atom. The van der Waals surface area contributed by atoms with Gasteiger partial charge in [0.1, 0.15) is 11.4 Å². The number of piperazine rings is 1. The van der Waals surface area contributed by atoms with E-state index in [2.05, 4.69) is 0 Å². The van der Waals surface area contributed by atoms with Crippen molar-refractivity contribution in [3.63, 3.8) is 0 Å². The number of benzene rings is 2. The third kappa shape index (κ3) is 4.57. The summed E-state index contributed by atoms with van der Waals surface area (Å²) in [4.78, 5) is 41.7. The molecule has 4 rings (SSSR count). The maximum Gasteiger partial charge on any atom is 0.263 e. The number of carbonyl (C=O) groups excluding carboxylic acids is 2. The van der Waals surface area contributed by atoms with E-state index in [0.29, 0.717) is 19.6 Å². The Kier molecular flexibility index (Phi) is 6.37. The molecule has 164 valence electrons. The zero-order valence-corrected chi connectivity index (χ0v) is 18.0. The molecule has 3 aromatic rings. The fraction of sp³-hybridized carbons (Fsp3) is 0.208. The van der Waals surface area contributed by atoms with Crippen LogP contribution in [0.1, 0.15) is 26.3 Å². The van der Waals surface area contributed by atoms with Crippen LogP contribution in [0.3, 0.4) is 0 Å². The van der Waals surface area contributed by atoms with Crippen molar-refractivity contribution in [3.05, 3.63) is 105 Å². The van der Waals surface area contributed by atoms with Crippen molar-refractivity contribution in [2.45, 2.75) is 6.54 Å². The van der Waals surface area contributed by atoms with Crippen LogP contribution in [-0.2, 0) is 6.54 Å². The molecular formula is C24H21ClFN3O3. The number of halogens is 2. The molecule has 0 saturated carbocycles. The quantitative estimate of drug-likeness (QED) is 0.609. The largest absolute Gasteiger partial charge is 0.335 e. The molecule has 2 heterocycles. The first kappa shape index (κ1) is 21.8. The van der Waals surface area contributed by atoms with Gasteiger partial charge in [-0.05, 0) is 35.9 Å². The molecule has 0 bridgehead atoms. The van der Waals surface area contributed by atoms with Crippen LogP contribution in [0.15, 0.2) is 71.7 Å². The molecule has 0 unspecified atom stereocenters. The van der Waals surface area contributed by atoms with Crippen molar-refractivity contribution in [1.29, 1.82) is 0 Å². The van der Waals surface area contributed by atoms with Crippen LogP contribution < -0.4 is 5.56 Å². The fourth-order valence-electron chi connectivity index (χ4n) is 3.72. The number of pyridine rings is 1. The molecule has 0 aliphatic carbocycles. The van der Waals surface area contributed by atoms with Crippen molar-refractivity contribution < 1.29 is 14.0 Å². The van der Waals surface area contributed by atoms with Gasteiger partial charge in [-0.15, -0.1) is 0 Å². The molecule has 8 heteroatoms. The minimum atomic E-state index is -0.511.